The van der Waals surface area contributed by atoms with Crippen LogP contribution in [0.25, 0.3) is 0 Å². The predicted molar refractivity (Wildman–Crippen MR) is 89.4 cm³/mol. The standard InChI is InChI=1S/C15H28N4OS/c1-15(2,13(16)21)19-11-9-18(10-12-19)14(20)17-7-5-3-4-6-8-17/h3-12H2,1-2H3,(H2,16,21). The van der Waals surface area contributed by atoms with E-state index in [1.165, 1.54) is 12.8 Å². The van der Waals surface area contributed by atoms with Gasteiger partial charge in [0.2, 0.25) is 0 Å². The summed E-state index contributed by atoms with van der Waals surface area (Å²) in [5, 5.41) is 0. The Kier molecular flexibility index (Phi) is 5.43. The number of amides is 2. The second-order valence-electron chi connectivity index (χ2n) is 6.58. The van der Waals surface area contributed by atoms with Crippen molar-refractivity contribution in [1.82, 2.24) is 14.7 Å². The Balaban J connectivity index is 1.88. The SMILES string of the molecule is CC(C)(C(N)=S)N1CCN(C(=O)N2CCCCCC2)CC1. The predicted octanol–water partition coefficient (Wildman–Crippen LogP) is 1.66. The number of urea groups is 1. The molecule has 21 heavy (non-hydrogen) atoms. The topological polar surface area (TPSA) is 52.8 Å². The monoisotopic (exact) mass is 312 g/mol. The molecule has 6 heteroatoms. The first-order valence-corrected chi connectivity index (χ1v) is 8.42. The Morgan fingerprint density at radius 3 is 1.86 bits per heavy atom. The van der Waals surface area contributed by atoms with Crippen LogP contribution in [0.1, 0.15) is 39.5 Å². The van der Waals surface area contributed by atoms with E-state index in [2.05, 4.69) is 18.7 Å². The first-order chi connectivity index (χ1) is 9.93. The van der Waals surface area contributed by atoms with Crippen molar-refractivity contribution < 1.29 is 4.79 Å². The average molecular weight is 312 g/mol. The van der Waals surface area contributed by atoms with Crippen molar-refractivity contribution in [2.45, 2.75) is 45.1 Å². The van der Waals surface area contributed by atoms with Crippen molar-refractivity contribution in [2.24, 2.45) is 5.73 Å². The van der Waals surface area contributed by atoms with Crippen LogP contribution in [0.5, 0.6) is 0 Å². The molecule has 2 amide bonds. The van der Waals surface area contributed by atoms with Gasteiger partial charge in [0, 0.05) is 39.3 Å². The number of nitrogens with zero attached hydrogens (tertiary/aromatic N) is 3. The average Bonchev–Trinajstić information content (AvgIpc) is 2.75. The van der Waals surface area contributed by atoms with Crippen molar-refractivity contribution in [3.8, 4) is 0 Å². The molecule has 2 fully saturated rings. The number of nitrogens with two attached hydrogens (primary N) is 1. The van der Waals surface area contributed by atoms with Gasteiger partial charge in [-0.1, -0.05) is 25.1 Å². The van der Waals surface area contributed by atoms with E-state index in [1.54, 1.807) is 0 Å². The number of carbonyl (C=O) groups excluding carboxylic acids is 1. The molecule has 0 aromatic rings. The first kappa shape index (κ1) is 16.5. The summed E-state index contributed by atoms with van der Waals surface area (Å²) in [5.74, 6) is 0. The van der Waals surface area contributed by atoms with Crippen LogP contribution < -0.4 is 5.73 Å². The van der Waals surface area contributed by atoms with E-state index in [4.69, 9.17) is 18.0 Å². The Hall–Kier alpha value is -0.880. The quantitative estimate of drug-likeness (QED) is 0.788. The van der Waals surface area contributed by atoms with Crippen LogP contribution in [-0.4, -0.2) is 70.5 Å². The summed E-state index contributed by atoms with van der Waals surface area (Å²) < 4.78 is 0. The molecule has 0 saturated carbocycles. The number of piperazine rings is 1. The van der Waals surface area contributed by atoms with Crippen LogP contribution in [0.15, 0.2) is 0 Å². The molecule has 120 valence electrons. The van der Waals surface area contributed by atoms with Crippen LogP contribution >= 0.6 is 12.2 Å². The molecule has 0 spiro atoms. The molecule has 0 unspecified atom stereocenters. The molecule has 2 aliphatic heterocycles. The molecule has 0 aromatic heterocycles. The molecular formula is C15H28N4OS. The van der Waals surface area contributed by atoms with Gasteiger partial charge in [-0.2, -0.15) is 0 Å². The lowest BCUT2D eigenvalue weighted by Gasteiger charge is -2.44. The summed E-state index contributed by atoms with van der Waals surface area (Å²) in [6, 6.07) is 0.213. The largest absolute Gasteiger partial charge is 0.392 e. The van der Waals surface area contributed by atoms with E-state index in [0.717, 1.165) is 52.1 Å². The van der Waals surface area contributed by atoms with Crippen molar-refractivity contribution >= 4 is 23.2 Å². The number of carbonyl (C=O) groups is 1. The number of hydrogen-bond donors (Lipinski definition) is 1. The maximum absolute atomic E-state index is 12.6. The summed E-state index contributed by atoms with van der Waals surface area (Å²) in [7, 11) is 0. The molecule has 0 aliphatic carbocycles. The highest BCUT2D eigenvalue weighted by Gasteiger charge is 2.34. The Labute approximate surface area is 133 Å². The third-order valence-electron chi connectivity index (χ3n) is 4.82. The molecule has 0 atom stereocenters. The molecule has 2 rings (SSSR count). The third kappa shape index (κ3) is 3.86. The fraction of sp³-hybridized carbons (Fsp3) is 0.867. The van der Waals surface area contributed by atoms with Crippen molar-refractivity contribution in [3.63, 3.8) is 0 Å². The lowest BCUT2D eigenvalue weighted by molar-refractivity contribution is 0.0837. The van der Waals surface area contributed by atoms with Gasteiger partial charge in [-0.25, -0.2) is 4.79 Å². The maximum atomic E-state index is 12.6. The van der Waals surface area contributed by atoms with Crippen molar-refractivity contribution in [3.05, 3.63) is 0 Å². The van der Waals surface area contributed by atoms with E-state index in [1.807, 2.05) is 9.80 Å². The summed E-state index contributed by atoms with van der Waals surface area (Å²) in [4.78, 5) is 19.4. The lowest BCUT2D eigenvalue weighted by atomic mass is 10.0. The Morgan fingerprint density at radius 1 is 0.905 bits per heavy atom. The fourth-order valence-corrected chi connectivity index (χ4v) is 3.20. The van der Waals surface area contributed by atoms with E-state index < -0.39 is 0 Å². The highest BCUT2D eigenvalue weighted by atomic mass is 32.1. The number of thiocarbonyl (C=S) groups is 1. The summed E-state index contributed by atoms with van der Waals surface area (Å²) >= 11 is 5.16. The fourth-order valence-electron chi connectivity index (χ4n) is 3.07. The molecule has 0 aromatic carbocycles. The summed E-state index contributed by atoms with van der Waals surface area (Å²) in [6.07, 6.45) is 4.78. The molecule has 2 N–H and O–H groups in total. The van der Waals surface area contributed by atoms with Crippen molar-refractivity contribution in [2.75, 3.05) is 39.3 Å². The van der Waals surface area contributed by atoms with E-state index in [-0.39, 0.29) is 11.6 Å². The highest BCUT2D eigenvalue weighted by Crippen LogP contribution is 2.19. The summed E-state index contributed by atoms with van der Waals surface area (Å²) in [5.41, 5.74) is 5.56. The molecule has 0 radical (unpaired) electrons. The second kappa shape index (κ2) is 6.92. The van der Waals surface area contributed by atoms with Gasteiger partial charge in [-0.15, -0.1) is 0 Å². The minimum atomic E-state index is -0.271. The molecule has 5 nitrogen and oxygen atoms in total. The van der Waals surface area contributed by atoms with Gasteiger partial charge in [0.25, 0.3) is 0 Å². The van der Waals surface area contributed by atoms with Gasteiger partial charge < -0.3 is 15.5 Å². The van der Waals surface area contributed by atoms with E-state index in [0.29, 0.717) is 4.99 Å². The van der Waals surface area contributed by atoms with Crippen LogP contribution in [-0.2, 0) is 0 Å². The number of likely N-dealkylation sites (tertiary alicyclic amines) is 1. The van der Waals surface area contributed by atoms with Crippen LogP contribution in [0.4, 0.5) is 4.79 Å². The molecule has 2 saturated heterocycles. The van der Waals surface area contributed by atoms with Crippen LogP contribution in [0, 0.1) is 0 Å². The minimum Gasteiger partial charge on any atom is -0.392 e. The zero-order valence-electron chi connectivity index (χ0n) is 13.3. The summed E-state index contributed by atoms with van der Waals surface area (Å²) in [6.45, 7) is 9.15. The van der Waals surface area contributed by atoms with Gasteiger partial charge in [-0.05, 0) is 26.7 Å². The lowest BCUT2D eigenvalue weighted by Crippen LogP contribution is -2.61. The normalized spacial score (nSPS) is 22.0. The van der Waals surface area contributed by atoms with Gasteiger partial charge in [0.1, 0.15) is 0 Å². The smallest absolute Gasteiger partial charge is 0.320 e. The zero-order valence-corrected chi connectivity index (χ0v) is 14.1. The number of rotatable bonds is 2. The molecular weight excluding hydrogens is 284 g/mol. The van der Waals surface area contributed by atoms with Crippen LogP contribution in [0.2, 0.25) is 0 Å². The Morgan fingerprint density at radius 2 is 1.38 bits per heavy atom. The van der Waals surface area contributed by atoms with Gasteiger partial charge in [0.05, 0.1) is 10.5 Å². The van der Waals surface area contributed by atoms with Crippen molar-refractivity contribution in [1.29, 1.82) is 0 Å². The second-order valence-corrected chi connectivity index (χ2v) is 7.02. The maximum Gasteiger partial charge on any atom is 0.320 e. The van der Waals surface area contributed by atoms with E-state index in [9.17, 15) is 4.79 Å². The van der Waals surface area contributed by atoms with Gasteiger partial charge >= 0.3 is 6.03 Å². The highest BCUT2D eigenvalue weighted by molar-refractivity contribution is 7.80. The minimum absolute atomic E-state index is 0.213. The first-order valence-electron chi connectivity index (χ1n) is 8.02. The Bertz CT molecular complexity index is 383. The molecule has 0 bridgehead atoms. The zero-order chi connectivity index (χ0) is 15.5. The van der Waals surface area contributed by atoms with Gasteiger partial charge in [-0.3, -0.25) is 4.90 Å². The third-order valence-corrected chi connectivity index (χ3v) is 5.32. The molecule has 2 heterocycles. The van der Waals surface area contributed by atoms with E-state index >= 15 is 0 Å². The van der Waals surface area contributed by atoms with Gasteiger partial charge in [0.15, 0.2) is 0 Å². The number of hydrogen-bond acceptors (Lipinski definition) is 3. The molecule has 2 aliphatic rings. The van der Waals surface area contributed by atoms with Crippen LogP contribution in [0.3, 0.4) is 0 Å².